The third-order valence-electron chi connectivity index (χ3n) is 3.25. The molecule has 1 aromatic carbocycles. The molecule has 1 aromatic heterocycles. The van der Waals surface area contributed by atoms with Crippen molar-refractivity contribution in [3.8, 4) is 5.75 Å². The van der Waals surface area contributed by atoms with E-state index in [0.717, 1.165) is 0 Å². The molecule has 0 aliphatic carbocycles. The first kappa shape index (κ1) is 19.4. The van der Waals surface area contributed by atoms with Crippen LogP contribution >= 0.6 is 35.0 Å². The summed E-state index contributed by atoms with van der Waals surface area (Å²) in [4.78, 5) is 11.6. The van der Waals surface area contributed by atoms with Crippen LogP contribution in [-0.4, -0.2) is 38.4 Å². The van der Waals surface area contributed by atoms with E-state index < -0.39 is 12.1 Å². The molecule has 2 aromatic rings. The van der Waals surface area contributed by atoms with E-state index in [1.54, 1.807) is 24.7 Å². The molecule has 1 atom stereocenters. The van der Waals surface area contributed by atoms with E-state index in [0.29, 0.717) is 26.2 Å². The standard InChI is InChI=1S/C15H15Cl2N3O4S/c1-7-9(6-18-23)14(20(3)19-7)25-13-5-12(10(16)4-11(13)17)24-8(2)15(21)22/h4-6,8,23H,1-3H3,(H,21,22)/b18-6+/t8-/m1/s1. The van der Waals surface area contributed by atoms with Crippen molar-refractivity contribution in [3.05, 3.63) is 33.4 Å². The molecule has 2 rings (SSSR count). The zero-order valence-electron chi connectivity index (χ0n) is 13.5. The van der Waals surface area contributed by atoms with Crippen LogP contribution in [0.15, 0.2) is 27.2 Å². The topological polar surface area (TPSA) is 96.9 Å². The molecule has 134 valence electrons. The lowest BCUT2D eigenvalue weighted by molar-refractivity contribution is -0.144. The highest BCUT2D eigenvalue weighted by Crippen LogP contribution is 2.40. The number of carboxylic acid groups (broad SMARTS) is 1. The molecular formula is C15H15Cl2N3O4S. The largest absolute Gasteiger partial charge is 0.479 e. The van der Waals surface area contributed by atoms with Crippen molar-refractivity contribution in [2.24, 2.45) is 12.2 Å². The minimum Gasteiger partial charge on any atom is -0.479 e. The monoisotopic (exact) mass is 403 g/mol. The van der Waals surface area contributed by atoms with Gasteiger partial charge in [0.15, 0.2) is 6.10 Å². The highest BCUT2D eigenvalue weighted by Gasteiger charge is 2.19. The van der Waals surface area contributed by atoms with Crippen LogP contribution in [0.3, 0.4) is 0 Å². The fourth-order valence-electron chi connectivity index (χ4n) is 2.00. The molecular weight excluding hydrogens is 389 g/mol. The van der Waals surface area contributed by atoms with Crippen LogP contribution < -0.4 is 4.74 Å². The Labute approximate surface area is 158 Å². The number of nitrogens with zero attached hydrogens (tertiary/aromatic N) is 3. The summed E-state index contributed by atoms with van der Waals surface area (Å²) < 4.78 is 6.99. The van der Waals surface area contributed by atoms with Crippen LogP contribution in [0.1, 0.15) is 18.2 Å². The maximum Gasteiger partial charge on any atom is 0.344 e. The first-order chi connectivity index (χ1) is 11.7. The molecule has 0 spiro atoms. The lowest BCUT2D eigenvalue weighted by Crippen LogP contribution is -2.23. The normalized spacial score (nSPS) is 12.5. The molecule has 0 saturated carbocycles. The summed E-state index contributed by atoms with van der Waals surface area (Å²) in [6.45, 7) is 3.19. The molecule has 7 nitrogen and oxygen atoms in total. The molecule has 0 aliphatic heterocycles. The van der Waals surface area contributed by atoms with Gasteiger partial charge < -0.3 is 15.1 Å². The smallest absolute Gasteiger partial charge is 0.344 e. The second-order valence-electron chi connectivity index (χ2n) is 5.09. The summed E-state index contributed by atoms with van der Waals surface area (Å²) in [6.07, 6.45) is 0.228. The maximum atomic E-state index is 11.0. The molecule has 0 saturated heterocycles. The lowest BCUT2D eigenvalue weighted by atomic mass is 10.3. The summed E-state index contributed by atoms with van der Waals surface area (Å²) in [5.41, 5.74) is 1.33. The van der Waals surface area contributed by atoms with Crippen LogP contribution in [0.25, 0.3) is 0 Å². The Hall–Kier alpha value is -1.90. The summed E-state index contributed by atoms with van der Waals surface area (Å²) in [5.74, 6) is -0.899. The number of rotatable bonds is 6. The highest BCUT2D eigenvalue weighted by atomic mass is 35.5. The van der Waals surface area contributed by atoms with Gasteiger partial charge in [-0.3, -0.25) is 4.68 Å². The lowest BCUT2D eigenvalue weighted by Gasteiger charge is -2.14. The number of aryl methyl sites for hydroxylation is 2. The zero-order valence-corrected chi connectivity index (χ0v) is 15.9. The number of ether oxygens (including phenoxy) is 1. The van der Waals surface area contributed by atoms with Gasteiger partial charge in [0.1, 0.15) is 10.8 Å². The second kappa shape index (κ2) is 7.99. The average molecular weight is 404 g/mol. The van der Waals surface area contributed by atoms with Gasteiger partial charge in [0.2, 0.25) is 0 Å². The first-order valence-corrected chi connectivity index (χ1v) is 8.59. The van der Waals surface area contributed by atoms with Gasteiger partial charge >= 0.3 is 5.97 Å². The fraction of sp³-hybridized carbons (Fsp3) is 0.267. The summed E-state index contributed by atoms with van der Waals surface area (Å²) in [6, 6.07) is 3.05. The van der Waals surface area contributed by atoms with E-state index in [1.807, 2.05) is 0 Å². The average Bonchev–Trinajstić information content (AvgIpc) is 2.78. The predicted octanol–water partition coefficient (Wildman–Crippen LogP) is 3.85. The summed E-state index contributed by atoms with van der Waals surface area (Å²) >= 11 is 13.6. The molecule has 0 aliphatic rings. The third kappa shape index (κ3) is 4.39. The van der Waals surface area contributed by atoms with Gasteiger partial charge in [-0.1, -0.05) is 40.1 Å². The van der Waals surface area contributed by atoms with E-state index in [1.165, 1.54) is 31.0 Å². The van der Waals surface area contributed by atoms with E-state index in [-0.39, 0.29) is 10.8 Å². The quantitative estimate of drug-likeness (QED) is 0.431. The molecule has 10 heteroatoms. The van der Waals surface area contributed by atoms with Gasteiger partial charge in [0, 0.05) is 11.9 Å². The van der Waals surface area contributed by atoms with Crippen molar-refractivity contribution in [1.82, 2.24) is 9.78 Å². The predicted molar refractivity (Wildman–Crippen MR) is 95.6 cm³/mol. The minimum absolute atomic E-state index is 0.208. The number of carboxylic acids is 1. The Morgan fingerprint density at radius 2 is 2.12 bits per heavy atom. The third-order valence-corrected chi connectivity index (χ3v) is 5.20. The maximum absolute atomic E-state index is 11.0. The van der Waals surface area contributed by atoms with Crippen molar-refractivity contribution in [2.75, 3.05) is 0 Å². The Balaban J connectivity index is 2.42. The second-order valence-corrected chi connectivity index (χ2v) is 6.93. The Morgan fingerprint density at radius 3 is 2.72 bits per heavy atom. The van der Waals surface area contributed by atoms with E-state index >= 15 is 0 Å². The van der Waals surface area contributed by atoms with Gasteiger partial charge in [-0.15, -0.1) is 0 Å². The number of benzene rings is 1. The van der Waals surface area contributed by atoms with Crippen molar-refractivity contribution in [2.45, 2.75) is 29.9 Å². The van der Waals surface area contributed by atoms with E-state index in [4.69, 9.17) is 38.3 Å². The fourth-order valence-corrected chi connectivity index (χ4v) is 3.56. The molecule has 0 fully saturated rings. The molecule has 2 N–H and O–H groups in total. The molecule has 25 heavy (non-hydrogen) atoms. The van der Waals surface area contributed by atoms with Crippen LogP contribution in [0.2, 0.25) is 10.0 Å². The molecule has 0 unspecified atom stereocenters. The van der Waals surface area contributed by atoms with Crippen molar-refractivity contribution >= 4 is 47.1 Å². The van der Waals surface area contributed by atoms with Crippen LogP contribution in [0.4, 0.5) is 0 Å². The van der Waals surface area contributed by atoms with Gasteiger partial charge in [0.05, 0.1) is 27.5 Å². The van der Waals surface area contributed by atoms with E-state index in [2.05, 4.69) is 10.3 Å². The molecule has 0 bridgehead atoms. The summed E-state index contributed by atoms with van der Waals surface area (Å²) in [7, 11) is 1.75. The Kier molecular flexibility index (Phi) is 6.21. The molecule has 1 heterocycles. The van der Waals surface area contributed by atoms with Crippen molar-refractivity contribution in [3.63, 3.8) is 0 Å². The van der Waals surface area contributed by atoms with Gasteiger partial charge in [-0.25, -0.2) is 4.79 Å². The van der Waals surface area contributed by atoms with E-state index in [9.17, 15) is 4.79 Å². The van der Waals surface area contributed by atoms with Gasteiger partial charge in [-0.05, 0) is 26.0 Å². The number of carbonyl (C=O) groups is 1. The van der Waals surface area contributed by atoms with Gasteiger partial charge in [-0.2, -0.15) is 5.10 Å². The number of hydrogen-bond acceptors (Lipinski definition) is 6. The molecule has 0 amide bonds. The number of halogens is 2. The number of aromatic nitrogens is 2. The highest BCUT2D eigenvalue weighted by molar-refractivity contribution is 7.99. The number of aliphatic carboxylic acids is 1. The SMILES string of the molecule is Cc1nn(C)c(Sc2cc(O[C@H](C)C(=O)O)c(Cl)cc2Cl)c1/C=N/O. The summed E-state index contributed by atoms with van der Waals surface area (Å²) in [5, 5.41) is 26.4. The van der Waals surface area contributed by atoms with Crippen molar-refractivity contribution < 1.29 is 19.8 Å². The van der Waals surface area contributed by atoms with Crippen molar-refractivity contribution in [1.29, 1.82) is 0 Å². The van der Waals surface area contributed by atoms with Crippen LogP contribution in [0, 0.1) is 6.92 Å². The minimum atomic E-state index is -1.11. The number of hydrogen-bond donors (Lipinski definition) is 2. The van der Waals surface area contributed by atoms with Crippen LogP contribution in [-0.2, 0) is 11.8 Å². The first-order valence-electron chi connectivity index (χ1n) is 7.02. The van der Waals surface area contributed by atoms with Gasteiger partial charge in [0.25, 0.3) is 0 Å². The van der Waals surface area contributed by atoms with Crippen LogP contribution in [0.5, 0.6) is 5.75 Å². The zero-order chi connectivity index (χ0) is 18.7. The Bertz CT molecular complexity index is 839. The molecule has 0 radical (unpaired) electrons. The number of oxime groups is 1. The Morgan fingerprint density at radius 1 is 1.44 bits per heavy atom.